The Kier molecular flexibility index (Phi) is 4.11. The Morgan fingerprint density at radius 2 is 1.91 bits per heavy atom. The first-order valence-corrected chi connectivity index (χ1v) is 3.92. The SMILES string of the molecule is CC(C)C(C)[C@H](N)CC(=O)O. The predicted octanol–water partition coefficient (Wildman–Crippen LogP) is 1.08. The zero-order valence-electron chi connectivity index (χ0n) is 7.37. The molecule has 11 heavy (non-hydrogen) atoms. The summed E-state index contributed by atoms with van der Waals surface area (Å²) in [6.45, 7) is 6.08. The van der Waals surface area contributed by atoms with Crippen molar-refractivity contribution >= 4 is 5.97 Å². The number of carboxylic acids is 1. The molecule has 0 aliphatic heterocycles. The first-order chi connectivity index (χ1) is 4.95. The van der Waals surface area contributed by atoms with Crippen molar-refractivity contribution in [2.75, 3.05) is 0 Å². The summed E-state index contributed by atoms with van der Waals surface area (Å²) in [6.07, 6.45) is 0.0688. The second-order valence-corrected chi connectivity index (χ2v) is 3.36. The number of hydrogen-bond donors (Lipinski definition) is 2. The molecule has 1 unspecified atom stereocenters. The minimum Gasteiger partial charge on any atom is -0.481 e. The van der Waals surface area contributed by atoms with Crippen LogP contribution in [0.15, 0.2) is 0 Å². The Hall–Kier alpha value is -0.570. The molecule has 0 aromatic rings. The van der Waals surface area contributed by atoms with Crippen molar-refractivity contribution in [1.29, 1.82) is 0 Å². The maximum absolute atomic E-state index is 10.3. The van der Waals surface area contributed by atoms with E-state index in [1.165, 1.54) is 0 Å². The molecule has 2 atom stereocenters. The van der Waals surface area contributed by atoms with Crippen LogP contribution in [0.5, 0.6) is 0 Å². The average molecular weight is 159 g/mol. The molecular formula is C8H17NO2. The van der Waals surface area contributed by atoms with Gasteiger partial charge < -0.3 is 10.8 Å². The first-order valence-electron chi connectivity index (χ1n) is 3.92. The number of rotatable bonds is 4. The fourth-order valence-corrected chi connectivity index (χ4v) is 0.882. The van der Waals surface area contributed by atoms with Gasteiger partial charge >= 0.3 is 5.97 Å². The van der Waals surface area contributed by atoms with Crippen LogP contribution in [0.1, 0.15) is 27.2 Å². The fourth-order valence-electron chi connectivity index (χ4n) is 0.882. The van der Waals surface area contributed by atoms with E-state index >= 15 is 0 Å². The van der Waals surface area contributed by atoms with Gasteiger partial charge in [-0.15, -0.1) is 0 Å². The molecule has 66 valence electrons. The zero-order valence-corrected chi connectivity index (χ0v) is 7.37. The van der Waals surface area contributed by atoms with E-state index in [-0.39, 0.29) is 18.4 Å². The second kappa shape index (κ2) is 4.34. The molecule has 0 aliphatic carbocycles. The molecule has 3 nitrogen and oxygen atoms in total. The van der Waals surface area contributed by atoms with E-state index in [2.05, 4.69) is 0 Å². The van der Waals surface area contributed by atoms with Crippen molar-refractivity contribution in [3.8, 4) is 0 Å². The number of carbonyl (C=O) groups is 1. The van der Waals surface area contributed by atoms with Gasteiger partial charge in [0.1, 0.15) is 0 Å². The third-order valence-corrected chi connectivity index (χ3v) is 2.14. The van der Waals surface area contributed by atoms with Crippen molar-refractivity contribution < 1.29 is 9.90 Å². The van der Waals surface area contributed by atoms with Crippen LogP contribution in [0.4, 0.5) is 0 Å². The molecule has 0 spiro atoms. The summed E-state index contributed by atoms with van der Waals surface area (Å²) in [4.78, 5) is 10.3. The molecule has 0 aromatic heterocycles. The molecule has 0 aromatic carbocycles. The van der Waals surface area contributed by atoms with Crippen LogP contribution >= 0.6 is 0 Å². The van der Waals surface area contributed by atoms with E-state index in [1.54, 1.807) is 0 Å². The average Bonchev–Trinajstić information content (AvgIpc) is 1.84. The van der Waals surface area contributed by atoms with Gasteiger partial charge in [-0.05, 0) is 11.8 Å². The Labute approximate surface area is 67.6 Å². The van der Waals surface area contributed by atoms with Crippen LogP contribution in [0.25, 0.3) is 0 Å². The van der Waals surface area contributed by atoms with Gasteiger partial charge in [-0.2, -0.15) is 0 Å². The van der Waals surface area contributed by atoms with E-state index in [0.29, 0.717) is 5.92 Å². The first kappa shape index (κ1) is 10.4. The summed E-state index contributed by atoms with van der Waals surface area (Å²) in [7, 11) is 0. The van der Waals surface area contributed by atoms with Crippen LogP contribution in [-0.4, -0.2) is 17.1 Å². The number of aliphatic carboxylic acids is 1. The highest BCUT2D eigenvalue weighted by Crippen LogP contribution is 2.14. The normalized spacial score (nSPS) is 16.5. The van der Waals surface area contributed by atoms with Crippen molar-refractivity contribution in [2.45, 2.75) is 33.2 Å². The van der Waals surface area contributed by atoms with Crippen molar-refractivity contribution in [2.24, 2.45) is 17.6 Å². The van der Waals surface area contributed by atoms with Gasteiger partial charge in [0.15, 0.2) is 0 Å². The highest BCUT2D eigenvalue weighted by atomic mass is 16.4. The van der Waals surface area contributed by atoms with Gasteiger partial charge in [-0.3, -0.25) is 4.79 Å². The van der Waals surface area contributed by atoms with Crippen LogP contribution < -0.4 is 5.73 Å². The molecular weight excluding hydrogens is 142 g/mol. The van der Waals surface area contributed by atoms with Crippen LogP contribution in [0, 0.1) is 11.8 Å². The standard InChI is InChI=1S/C8H17NO2/c1-5(2)6(3)7(9)4-8(10)11/h5-7H,4,9H2,1-3H3,(H,10,11)/t6?,7-/m1/s1. The highest BCUT2D eigenvalue weighted by molar-refractivity contribution is 5.67. The lowest BCUT2D eigenvalue weighted by molar-refractivity contribution is -0.137. The summed E-state index contributed by atoms with van der Waals surface area (Å²) in [6, 6.07) is -0.215. The van der Waals surface area contributed by atoms with Gasteiger partial charge in [0.05, 0.1) is 6.42 Å². The summed E-state index contributed by atoms with van der Waals surface area (Å²) in [5, 5.41) is 8.43. The smallest absolute Gasteiger partial charge is 0.304 e. The summed E-state index contributed by atoms with van der Waals surface area (Å²) in [5.74, 6) is -0.0968. The predicted molar refractivity (Wildman–Crippen MR) is 44.2 cm³/mol. The molecule has 3 N–H and O–H groups in total. The molecule has 0 radical (unpaired) electrons. The summed E-state index contributed by atoms with van der Waals surface area (Å²) in [5.41, 5.74) is 5.64. The van der Waals surface area contributed by atoms with E-state index < -0.39 is 5.97 Å². The van der Waals surface area contributed by atoms with Crippen LogP contribution in [0.2, 0.25) is 0 Å². The van der Waals surface area contributed by atoms with Gasteiger partial charge in [-0.25, -0.2) is 0 Å². The largest absolute Gasteiger partial charge is 0.481 e. The van der Waals surface area contributed by atoms with Crippen molar-refractivity contribution in [3.63, 3.8) is 0 Å². The zero-order chi connectivity index (χ0) is 9.02. The molecule has 0 aliphatic rings. The second-order valence-electron chi connectivity index (χ2n) is 3.36. The minimum absolute atomic E-state index is 0.0688. The van der Waals surface area contributed by atoms with E-state index in [9.17, 15) is 4.79 Å². The third-order valence-electron chi connectivity index (χ3n) is 2.14. The van der Waals surface area contributed by atoms with E-state index in [1.807, 2.05) is 20.8 Å². The van der Waals surface area contributed by atoms with Gasteiger partial charge in [0, 0.05) is 6.04 Å². The summed E-state index contributed by atoms with van der Waals surface area (Å²) < 4.78 is 0. The quantitative estimate of drug-likeness (QED) is 0.645. The van der Waals surface area contributed by atoms with Crippen LogP contribution in [-0.2, 0) is 4.79 Å². The van der Waals surface area contributed by atoms with Gasteiger partial charge in [0.25, 0.3) is 0 Å². The monoisotopic (exact) mass is 159 g/mol. The molecule has 3 heteroatoms. The third kappa shape index (κ3) is 3.98. The molecule has 0 amide bonds. The molecule has 0 fully saturated rings. The van der Waals surface area contributed by atoms with Gasteiger partial charge in [0.2, 0.25) is 0 Å². The molecule has 0 heterocycles. The Morgan fingerprint density at radius 3 is 2.18 bits per heavy atom. The topological polar surface area (TPSA) is 63.3 Å². The lowest BCUT2D eigenvalue weighted by Gasteiger charge is -2.21. The lowest BCUT2D eigenvalue weighted by Crippen LogP contribution is -2.33. The van der Waals surface area contributed by atoms with Crippen molar-refractivity contribution in [1.82, 2.24) is 0 Å². The molecule has 0 bridgehead atoms. The minimum atomic E-state index is -0.815. The molecule has 0 rings (SSSR count). The number of carboxylic acid groups (broad SMARTS) is 1. The highest BCUT2D eigenvalue weighted by Gasteiger charge is 2.18. The Balaban J connectivity index is 3.82. The summed E-state index contributed by atoms with van der Waals surface area (Å²) >= 11 is 0. The van der Waals surface area contributed by atoms with Crippen molar-refractivity contribution in [3.05, 3.63) is 0 Å². The van der Waals surface area contributed by atoms with E-state index in [0.717, 1.165) is 0 Å². The Bertz CT molecular complexity index is 134. The number of nitrogens with two attached hydrogens (primary N) is 1. The van der Waals surface area contributed by atoms with Crippen LogP contribution in [0.3, 0.4) is 0 Å². The Morgan fingerprint density at radius 1 is 1.45 bits per heavy atom. The number of hydrogen-bond acceptors (Lipinski definition) is 2. The van der Waals surface area contributed by atoms with Gasteiger partial charge in [-0.1, -0.05) is 20.8 Å². The molecule has 0 saturated carbocycles. The lowest BCUT2D eigenvalue weighted by atomic mass is 9.89. The maximum Gasteiger partial charge on any atom is 0.304 e. The molecule has 0 saturated heterocycles. The maximum atomic E-state index is 10.3. The van der Waals surface area contributed by atoms with E-state index in [4.69, 9.17) is 10.8 Å². The fraction of sp³-hybridized carbons (Fsp3) is 0.875.